The average Bonchev–Trinajstić information content (AvgIpc) is 2.80. The maximum atomic E-state index is 5.53. The van der Waals surface area contributed by atoms with Gasteiger partial charge < -0.3 is 5.73 Å². The van der Waals surface area contributed by atoms with Crippen LogP contribution in [0.1, 0.15) is 46.2 Å². The van der Waals surface area contributed by atoms with E-state index in [1.54, 1.807) is 0 Å². The van der Waals surface area contributed by atoms with E-state index in [1.165, 1.54) is 12.8 Å². The van der Waals surface area contributed by atoms with Gasteiger partial charge in [-0.05, 0) is 37.8 Å². The Balaban J connectivity index is 2.52. The van der Waals surface area contributed by atoms with Crippen LogP contribution in [0.4, 0.5) is 0 Å². The summed E-state index contributed by atoms with van der Waals surface area (Å²) in [5.74, 6) is 1.48. The lowest BCUT2D eigenvalue weighted by molar-refractivity contribution is 0.233. The topological polar surface area (TPSA) is 60.0 Å². The Morgan fingerprint density at radius 2 is 1.75 bits per heavy atom. The highest BCUT2D eigenvalue weighted by Crippen LogP contribution is 2.09. The van der Waals surface area contributed by atoms with E-state index < -0.39 is 0 Å². The SMILES string of the molecule is CC(C)CCN(CCC(C)C)Cc1cn(CCN)nn1. The molecule has 0 aromatic carbocycles. The third-order valence-electron chi connectivity index (χ3n) is 3.38. The van der Waals surface area contributed by atoms with Crippen molar-refractivity contribution in [2.45, 2.75) is 53.6 Å². The molecule has 0 fully saturated rings. The second-order valence-corrected chi connectivity index (χ2v) is 6.40. The van der Waals surface area contributed by atoms with E-state index >= 15 is 0 Å². The summed E-state index contributed by atoms with van der Waals surface area (Å²) in [6.07, 6.45) is 4.48. The van der Waals surface area contributed by atoms with Crippen LogP contribution in [-0.4, -0.2) is 39.5 Å². The zero-order chi connectivity index (χ0) is 15.0. The number of hydrogen-bond donors (Lipinski definition) is 1. The van der Waals surface area contributed by atoms with Gasteiger partial charge >= 0.3 is 0 Å². The maximum absolute atomic E-state index is 5.53. The summed E-state index contributed by atoms with van der Waals surface area (Å²) in [5, 5.41) is 8.35. The van der Waals surface area contributed by atoms with Crippen molar-refractivity contribution in [2.75, 3.05) is 19.6 Å². The van der Waals surface area contributed by atoms with Gasteiger partial charge in [0.1, 0.15) is 0 Å². The minimum atomic E-state index is 0.604. The third kappa shape index (κ3) is 7.01. The van der Waals surface area contributed by atoms with Crippen LogP contribution in [0.5, 0.6) is 0 Å². The molecule has 5 nitrogen and oxygen atoms in total. The molecule has 0 atom stereocenters. The molecule has 20 heavy (non-hydrogen) atoms. The Morgan fingerprint density at radius 1 is 1.15 bits per heavy atom. The molecule has 0 radical (unpaired) electrons. The van der Waals surface area contributed by atoms with Crippen molar-refractivity contribution in [3.05, 3.63) is 11.9 Å². The predicted molar refractivity (Wildman–Crippen MR) is 83.3 cm³/mol. The Kier molecular flexibility index (Phi) is 7.77. The van der Waals surface area contributed by atoms with Gasteiger partial charge in [0, 0.05) is 19.3 Å². The van der Waals surface area contributed by atoms with Gasteiger partial charge in [0.05, 0.1) is 12.2 Å². The van der Waals surface area contributed by atoms with Gasteiger partial charge in [0.25, 0.3) is 0 Å². The molecule has 1 aromatic rings. The molecule has 0 aliphatic heterocycles. The van der Waals surface area contributed by atoms with Crippen molar-refractivity contribution in [3.63, 3.8) is 0 Å². The fraction of sp³-hybridized carbons (Fsp3) is 0.867. The minimum Gasteiger partial charge on any atom is -0.329 e. The number of nitrogens with two attached hydrogens (primary N) is 1. The fourth-order valence-corrected chi connectivity index (χ4v) is 2.03. The molecule has 1 rings (SSSR count). The van der Waals surface area contributed by atoms with E-state index in [0.29, 0.717) is 6.54 Å². The van der Waals surface area contributed by atoms with Crippen molar-refractivity contribution in [3.8, 4) is 0 Å². The van der Waals surface area contributed by atoms with Gasteiger partial charge in [0.15, 0.2) is 0 Å². The lowest BCUT2D eigenvalue weighted by Gasteiger charge is -2.23. The molecule has 0 saturated carbocycles. The van der Waals surface area contributed by atoms with E-state index in [2.05, 4.69) is 42.9 Å². The quantitative estimate of drug-likeness (QED) is 0.714. The molecule has 0 spiro atoms. The molecule has 0 saturated heterocycles. The van der Waals surface area contributed by atoms with E-state index in [9.17, 15) is 0 Å². The summed E-state index contributed by atoms with van der Waals surface area (Å²) >= 11 is 0. The first kappa shape index (κ1) is 17.1. The largest absolute Gasteiger partial charge is 0.329 e. The third-order valence-corrected chi connectivity index (χ3v) is 3.38. The molecule has 0 bridgehead atoms. The highest BCUT2D eigenvalue weighted by molar-refractivity contribution is 4.92. The van der Waals surface area contributed by atoms with E-state index in [4.69, 9.17) is 5.73 Å². The molecule has 0 amide bonds. The lowest BCUT2D eigenvalue weighted by Crippen LogP contribution is -2.27. The van der Waals surface area contributed by atoms with Crippen LogP contribution in [0.25, 0.3) is 0 Å². The Morgan fingerprint density at radius 3 is 2.25 bits per heavy atom. The molecule has 116 valence electrons. The number of hydrogen-bond acceptors (Lipinski definition) is 4. The summed E-state index contributed by atoms with van der Waals surface area (Å²) in [6.45, 7) is 13.6. The van der Waals surface area contributed by atoms with Gasteiger partial charge in [-0.15, -0.1) is 5.10 Å². The van der Waals surface area contributed by atoms with Gasteiger partial charge in [-0.2, -0.15) is 0 Å². The van der Waals surface area contributed by atoms with Crippen LogP contribution in [0.3, 0.4) is 0 Å². The van der Waals surface area contributed by atoms with E-state index in [-0.39, 0.29) is 0 Å². The Labute approximate surface area is 123 Å². The molecular weight excluding hydrogens is 250 g/mol. The van der Waals surface area contributed by atoms with Gasteiger partial charge in [-0.3, -0.25) is 9.58 Å². The molecule has 5 heteroatoms. The molecule has 0 aliphatic rings. The highest BCUT2D eigenvalue weighted by atomic mass is 15.4. The lowest BCUT2D eigenvalue weighted by atomic mass is 10.1. The summed E-state index contributed by atoms with van der Waals surface area (Å²) in [5.41, 5.74) is 6.58. The molecule has 2 N–H and O–H groups in total. The van der Waals surface area contributed by atoms with E-state index in [0.717, 1.165) is 43.7 Å². The molecule has 0 unspecified atom stereocenters. The Bertz CT molecular complexity index is 347. The van der Waals surface area contributed by atoms with E-state index in [1.807, 2.05) is 10.9 Å². The van der Waals surface area contributed by atoms with Crippen molar-refractivity contribution >= 4 is 0 Å². The Hall–Kier alpha value is -0.940. The van der Waals surface area contributed by atoms with Gasteiger partial charge in [-0.1, -0.05) is 32.9 Å². The summed E-state index contributed by atoms with van der Waals surface area (Å²) < 4.78 is 1.83. The van der Waals surface area contributed by atoms with Crippen molar-refractivity contribution in [1.29, 1.82) is 0 Å². The molecule has 1 heterocycles. The summed E-state index contributed by atoms with van der Waals surface area (Å²) in [4.78, 5) is 2.50. The smallest absolute Gasteiger partial charge is 0.0967 e. The highest BCUT2D eigenvalue weighted by Gasteiger charge is 2.10. The molecule has 1 aromatic heterocycles. The van der Waals surface area contributed by atoms with Crippen molar-refractivity contribution in [1.82, 2.24) is 19.9 Å². The average molecular weight is 281 g/mol. The van der Waals surface area contributed by atoms with Crippen LogP contribution in [0, 0.1) is 11.8 Å². The second kappa shape index (κ2) is 9.08. The first-order valence-electron chi connectivity index (χ1n) is 7.82. The molecular formula is C15H31N5. The van der Waals surface area contributed by atoms with Gasteiger partial charge in [0.2, 0.25) is 0 Å². The monoisotopic (exact) mass is 281 g/mol. The first-order valence-corrected chi connectivity index (χ1v) is 7.82. The normalized spacial score (nSPS) is 12.0. The molecule has 0 aliphatic carbocycles. The van der Waals surface area contributed by atoms with Crippen LogP contribution < -0.4 is 5.73 Å². The van der Waals surface area contributed by atoms with Crippen LogP contribution in [0.2, 0.25) is 0 Å². The van der Waals surface area contributed by atoms with Crippen molar-refractivity contribution < 1.29 is 0 Å². The first-order chi connectivity index (χ1) is 9.51. The minimum absolute atomic E-state index is 0.604. The number of aromatic nitrogens is 3. The number of nitrogens with zero attached hydrogens (tertiary/aromatic N) is 4. The number of rotatable bonds is 10. The summed E-state index contributed by atoms with van der Waals surface area (Å²) in [6, 6.07) is 0. The zero-order valence-corrected chi connectivity index (χ0v) is 13.5. The second-order valence-electron chi connectivity index (χ2n) is 6.40. The zero-order valence-electron chi connectivity index (χ0n) is 13.5. The van der Waals surface area contributed by atoms with Crippen LogP contribution in [0.15, 0.2) is 6.20 Å². The summed E-state index contributed by atoms with van der Waals surface area (Å²) in [7, 11) is 0. The van der Waals surface area contributed by atoms with Crippen molar-refractivity contribution in [2.24, 2.45) is 17.6 Å². The van der Waals surface area contributed by atoms with Crippen LogP contribution in [-0.2, 0) is 13.1 Å². The standard InChI is InChI=1S/C15H31N5/c1-13(2)5-8-19(9-6-14(3)4)11-15-12-20(10-7-16)18-17-15/h12-14H,5-11,16H2,1-4H3. The maximum Gasteiger partial charge on any atom is 0.0967 e. The predicted octanol–water partition coefficient (Wildman–Crippen LogP) is 2.13. The van der Waals surface area contributed by atoms with Crippen LogP contribution >= 0.6 is 0 Å². The fourth-order valence-electron chi connectivity index (χ4n) is 2.03. The van der Waals surface area contributed by atoms with Gasteiger partial charge in [-0.25, -0.2) is 0 Å².